The SMILES string of the molecule is Nc1c(C(=O)Nc2ccc(F)c(F)c2F)n[nH]c1C1CC1. The van der Waals surface area contributed by atoms with Gasteiger partial charge in [0.15, 0.2) is 23.1 Å². The molecule has 3 rings (SSSR count). The van der Waals surface area contributed by atoms with Gasteiger partial charge in [-0.15, -0.1) is 0 Å². The van der Waals surface area contributed by atoms with E-state index in [1.165, 1.54) is 0 Å². The number of aromatic nitrogens is 2. The summed E-state index contributed by atoms with van der Waals surface area (Å²) in [4.78, 5) is 12.0. The number of H-pyrrole nitrogens is 1. The number of amides is 1. The van der Waals surface area contributed by atoms with Crippen molar-refractivity contribution in [3.8, 4) is 0 Å². The average molecular weight is 296 g/mol. The fraction of sp³-hybridized carbons (Fsp3) is 0.231. The van der Waals surface area contributed by atoms with Crippen LogP contribution in [-0.4, -0.2) is 16.1 Å². The minimum absolute atomic E-state index is 0.0963. The van der Waals surface area contributed by atoms with Gasteiger partial charge in [0, 0.05) is 5.92 Å². The van der Waals surface area contributed by atoms with Crippen molar-refractivity contribution < 1.29 is 18.0 Å². The monoisotopic (exact) mass is 296 g/mol. The van der Waals surface area contributed by atoms with E-state index >= 15 is 0 Å². The highest BCUT2D eigenvalue weighted by Crippen LogP contribution is 2.42. The predicted molar refractivity (Wildman–Crippen MR) is 69.2 cm³/mol. The predicted octanol–water partition coefficient (Wildman–Crippen LogP) is 2.54. The Morgan fingerprint density at radius 3 is 2.67 bits per heavy atom. The second-order valence-corrected chi connectivity index (χ2v) is 4.85. The number of nitrogen functional groups attached to an aromatic ring is 1. The van der Waals surface area contributed by atoms with Gasteiger partial charge in [0.25, 0.3) is 5.91 Å². The van der Waals surface area contributed by atoms with Gasteiger partial charge in [0.05, 0.1) is 17.1 Å². The van der Waals surface area contributed by atoms with Crippen molar-refractivity contribution >= 4 is 17.3 Å². The van der Waals surface area contributed by atoms with Gasteiger partial charge in [0.1, 0.15) is 0 Å². The molecule has 4 N–H and O–H groups in total. The third-order valence-corrected chi connectivity index (χ3v) is 3.32. The molecule has 2 aromatic rings. The number of carbonyl (C=O) groups is 1. The lowest BCUT2D eigenvalue weighted by Gasteiger charge is -2.06. The molecule has 1 aromatic carbocycles. The fourth-order valence-electron chi connectivity index (χ4n) is 2.02. The van der Waals surface area contributed by atoms with E-state index in [1.54, 1.807) is 0 Å². The molecule has 1 saturated carbocycles. The first-order valence-corrected chi connectivity index (χ1v) is 6.27. The molecule has 0 saturated heterocycles. The third kappa shape index (κ3) is 2.32. The zero-order valence-electron chi connectivity index (χ0n) is 10.7. The normalized spacial score (nSPS) is 14.2. The van der Waals surface area contributed by atoms with Crippen LogP contribution in [0.1, 0.15) is 34.9 Å². The van der Waals surface area contributed by atoms with E-state index in [-0.39, 0.29) is 17.3 Å². The zero-order chi connectivity index (χ0) is 15.1. The van der Waals surface area contributed by atoms with Crippen molar-refractivity contribution in [3.63, 3.8) is 0 Å². The number of aromatic amines is 1. The molecule has 1 aliphatic carbocycles. The Balaban J connectivity index is 1.85. The topological polar surface area (TPSA) is 83.8 Å². The van der Waals surface area contributed by atoms with Crippen LogP contribution in [0, 0.1) is 17.5 Å². The van der Waals surface area contributed by atoms with Crippen molar-refractivity contribution in [2.24, 2.45) is 0 Å². The number of benzene rings is 1. The van der Waals surface area contributed by atoms with Gasteiger partial charge >= 0.3 is 0 Å². The fourth-order valence-corrected chi connectivity index (χ4v) is 2.02. The van der Waals surface area contributed by atoms with Crippen LogP contribution in [0.15, 0.2) is 12.1 Å². The number of nitrogens with zero attached hydrogens (tertiary/aromatic N) is 1. The molecule has 0 atom stereocenters. The van der Waals surface area contributed by atoms with E-state index in [4.69, 9.17) is 5.73 Å². The quantitative estimate of drug-likeness (QED) is 0.761. The van der Waals surface area contributed by atoms with Gasteiger partial charge in [-0.2, -0.15) is 5.10 Å². The smallest absolute Gasteiger partial charge is 0.278 e. The molecule has 1 aliphatic rings. The first-order chi connectivity index (χ1) is 9.99. The Bertz CT molecular complexity index is 724. The van der Waals surface area contributed by atoms with Crippen molar-refractivity contribution in [1.82, 2.24) is 10.2 Å². The standard InChI is InChI=1S/C13H11F3N4O/c14-6-3-4-7(9(16)8(6)15)18-13(21)12-10(17)11(19-20-12)5-1-2-5/h3-5H,1-2,17H2,(H,18,21)(H,19,20). The van der Waals surface area contributed by atoms with Gasteiger partial charge in [-0.1, -0.05) is 0 Å². The summed E-state index contributed by atoms with van der Waals surface area (Å²) in [5, 5.41) is 8.59. The second-order valence-electron chi connectivity index (χ2n) is 4.85. The van der Waals surface area contributed by atoms with E-state index in [1.807, 2.05) is 0 Å². The van der Waals surface area contributed by atoms with E-state index in [2.05, 4.69) is 15.5 Å². The molecule has 0 bridgehead atoms. The van der Waals surface area contributed by atoms with E-state index < -0.39 is 29.0 Å². The molecule has 0 radical (unpaired) electrons. The lowest BCUT2D eigenvalue weighted by molar-refractivity contribution is 0.102. The Kier molecular flexibility index (Phi) is 3.08. The molecule has 8 heteroatoms. The van der Waals surface area contributed by atoms with Crippen LogP contribution in [0.3, 0.4) is 0 Å². The number of hydrogen-bond donors (Lipinski definition) is 3. The van der Waals surface area contributed by atoms with Crippen molar-refractivity contribution in [2.75, 3.05) is 11.1 Å². The van der Waals surface area contributed by atoms with Gasteiger partial charge in [0.2, 0.25) is 0 Å². The molecular formula is C13H11F3N4O. The number of hydrogen-bond acceptors (Lipinski definition) is 3. The summed E-state index contributed by atoms with van der Waals surface area (Å²) in [5.41, 5.74) is 6.10. The molecule has 5 nitrogen and oxygen atoms in total. The van der Waals surface area contributed by atoms with Crippen LogP contribution in [0.25, 0.3) is 0 Å². The lowest BCUT2D eigenvalue weighted by Crippen LogP contribution is -2.16. The van der Waals surface area contributed by atoms with Gasteiger partial charge in [-0.3, -0.25) is 9.89 Å². The molecule has 1 fully saturated rings. The lowest BCUT2D eigenvalue weighted by atomic mass is 10.2. The van der Waals surface area contributed by atoms with Crippen molar-refractivity contribution in [1.29, 1.82) is 0 Å². The Hall–Kier alpha value is -2.51. The Morgan fingerprint density at radius 1 is 1.29 bits per heavy atom. The molecule has 1 amide bonds. The summed E-state index contributed by atoms with van der Waals surface area (Å²) >= 11 is 0. The molecule has 21 heavy (non-hydrogen) atoms. The van der Waals surface area contributed by atoms with Gasteiger partial charge in [-0.05, 0) is 25.0 Å². The Morgan fingerprint density at radius 2 is 2.00 bits per heavy atom. The summed E-state index contributed by atoms with van der Waals surface area (Å²) in [6, 6.07) is 1.65. The van der Waals surface area contributed by atoms with E-state index in [9.17, 15) is 18.0 Å². The molecule has 0 unspecified atom stereocenters. The summed E-state index contributed by atoms with van der Waals surface area (Å²) in [5.74, 6) is -4.98. The van der Waals surface area contributed by atoms with Crippen LogP contribution in [0.2, 0.25) is 0 Å². The highest BCUT2D eigenvalue weighted by molar-refractivity contribution is 6.06. The van der Waals surface area contributed by atoms with Gasteiger partial charge in [-0.25, -0.2) is 13.2 Å². The maximum absolute atomic E-state index is 13.5. The number of anilines is 2. The first-order valence-electron chi connectivity index (χ1n) is 6.27. The maximum Gasteiger partial charge on any atom is 0.278 e. The van der Waals surface area contributed by atoms with Gasteiger partial charge < -0.3 is 11.1 Å². The van der Waals surface area contributed by atoms with Crippen molar-refractivity contribution in [2.45, 2.75) is 18.8 Å². The summed E-state index contributed by atoms with van der Waals surface area (Å²) in [6.07, 6.45) is 1.93. The number of rotatable bonds is 3. The number of nitrogens with two attached hydrogens (primary N) is 1. The summed E-state index contributed by atoms with van der Waals surface area (Å²) in [7, 11) is 0. The Labute approximate surface area is 117 Å². The molecule has 0 aliphatic heterocycles. The number of carbonyl (C=O) groups excluding carboxylic acids is 1. The minimum Gasteiger partial charge on any atom is -0.395 e. The van der Waals surface area contributed by atoms with E-state index in [0.29, 0.717) is 5.69 Å². The molecule has 1 heterocycles. The minimum atomic E-state index is -1.65. The largest absolute Gasteiger partial charge is 0.395 e. The first kappa shape index (κ1) is 13.5. The molecule has 0 spiro atoms. The summed E-state index contributed by atoms with van der Waals surface area (Å²) in [6.45, 7) is 0. The third-order valence-electron chi connectivity index (χ3n) is 3.32. The van der Waals surface area contributed by atoms with Crippen LogP contribution in [-0.2, 0) is 0 Å². The number of nitrogens with one attached hydrogen (secondary N) is 2. The average Bonchev–Trinajstić information content (AvgIpc) is 3.22. The van der Waals surface area contributed by atoms with Crippen LogP contribution in [0.4, 0.5) is 24.5 Å². The molecule has 110 valence electrons. The maximum atomic E-state index is 13.5. The van der Waals surface area contributed by atoms with Crippen LogP contribution < -0.4 is 11.1 Å². The highest BCUT2D eigenvalue weighted by atomic mass is 19.2. The number of halogens is 3. The van der Waals surface area contributed by atoms with Crippen LogP contribution >= 0.6 is 0 Å². The molecular weight excluding hydrogens is 285 g/mol. The van der Waals surface area contributed by atoms with Crippen molar-refractivity contribution in [3.05, 3.63) is 41.0 Å². The van der Waals surface area contributed by atoms with Crippen LogP contribution in [0.5, 0.6) is 0 Å². The second kappa shape index (κ2) is 4.80. The summed E-state index contributed by atoms with van der Waals surface area (Å²) < 4.78 is 39.4. The molecule has 1 aromatic heterocycles. The van der Waals surface area contributed by atoms with E-state index in [0.717, 1.165) is 25.0 Å². The highest BCUT2D eigenvalue weighted by Gasteiger charge is 2.30. The zero-order valence-corrected chi connectivity index (χ0v) is 10.7.